The van der Waals surface area contributed by atoms with Crippen LogP contribution in [-0.4, -0.2) is 27.3 Å². The van der Waals surface area contributed by atoms with Gasteiger partial charge in [-0.3, -0.25) is 4.79 Å². The number of amidine groups is 1. The van der Waals surface area contributed by atoms with Crippen molar-refractivity contribution < 1.29 is 4.79 Å². The van der Waals surface area contributed by atoms with E-state index in [1.165, 1.54) is 41.4 Å². The first-order valence-corrected chi connectivity index (χ1v) is 8.59. The molecule has 0 bridgehead atoms. The van der Waals surface area contributed by atoms with Gasteiger partial charge in [0.25, 0.3) is 0 Å². The second kappa shape index (κ2) is 8.66. The van der Waals surface area contributed by atoms with E-state index in [1.807, 2.05) is 17.0 Å². The monoisotopic (exact) mass is 455 g/mol. The first-order chi connectivity index (χ1) is 9.58. The van der Waals surface area contributed by atoms with Crippen LogP contribution in [0.15, 0.2) is 15.8 Å². The molecule has 0 saturated carbocycles. The van der Waals surface area contributed by atoms with Crippen molar-refractivity contribution in [2.24, 2.45) is 10.7 Å². The van der Waals surface area contributed by atoms with Crippen molar-refractivity contribution in [3.63, 3.8) is 0 Å². The fraction of sp³-hybridized carbons (Fsp3) is 0.273. The Hall–Kier alpha value is -0.720. The summed E-state index contributed by atoms with van der Waals surface area (Å²) < 4.78 is 0. The molecule has 114 valence electrons. The highest BCUT2D eigenvalue weighted by Gasteiger charge is 2.09. The lowest BCUT2D eigenvalue weighted by Crippen LogP contribution is -2.18. The average molecular weight is 455 g/mol. The van der Waals surface area contributed by atoms with Gasteiger partial charge in [0.1, 0.15) is 16.4 Å². The molecule has 2 aromatic rings. The third-order valence-electron chi connectivity index (χ3n) is 2.21. The van der Waals surface area contributed by atoms with E-state index in [2.05, 4.69) is 20.3 Å². The molecule has 0 spiro atoms. The Balaban J connectivity index is 0.00000220. The normalized spacial score (nSPS) is 11.0. The molecule has 21 heavy (non-hydrogen) atoms. The van der Waals surface area contributed by atoms with Gasteiger partial charge in [0.2, 0.25) is 11.0 Å². The van der Waals surface area contributed by atoms with Crippen LogP contribution in [0.4, 0.5) is 5.13 Å². The second-order valence-electron chi connectivity index (χ2n) is 3.71. The van der Waals surface area contributed by atoms with E-state index in [9.17, 15) is 4.79 Å². The van der Waals surface area contributed by atoms with E-state index in [0.717, 1.165) is 16.4 Å². The SMILES string of the molecule is CSC(N)=Nc1nc(-c2csc(CNC(C)=O)n2)cs1.I. The quantitative estimate of drug-likeness (QED) is 0.420. The molecule has 2 rings (SSSR count). The number of amides is 1. The van der Waals surface area contributed by atoms with Gasteiger partial charge < -0.3 is 11.1 Å². The number of thioether (sulfide) groups is 1. The predicted octanol–water partition coefficient (Wildman–Crippen LogP) is 2.83. The van der Waals surface area contributed by atoms with E-state index >= 15 is 0 Å². The van der Waals surface area contributed by atoms with Gasteiger partial charge in [0.05, 0.1) is 6.54 Å². The minimum absolute atomic E-state index is 0. The summed E-state index contributed by atoms with van der Waals surface area (Å²) in [6.45, 7) is 1.92. The Labute approximate surface area is 151 Å². The molecule has 0 atom stereocenters. The van der Waals surface area contributed by atoms with Crippen molar-refractivity contribution in [1.82, 2.24) is 15.3 Å². The van der Waals surface area contributed by atoms with Gasteiger partial charge >= 0.3 is 0 Å². The summed E-state index contributed by atoms with van der Waals surface area (Å²) in [5.41, 5.74) is 7.21. The molecule has 1 amide bonds. The minimum atomic E-state index is -0.0698. The maximum absolute atomic E-state index is 10.9. The molecule has 0 aliphatic carbocycles. The van der Waals surface area contributed by atoms with E-state index in [0.29, 0.717) is 16.8 Å². The lowest BCUT2D eigenvalue weighted by atomic mass is 10.4. The summed E-state index contributed by atoms with van der Waals surface area (Å²) in [7, 11) is 0. The maximum Gasteiger partial charge on any atom is 0.217 e. The number of aliphatic imine (C=N–C) groups is 1. The summed E-state index contributed by atoms with van der Waals surface area (Å²) >= 11 is 4.29. The Morgan fingerprint density at radius 1 is 1.38 bits per heavy atom. The molecule has 10 heteroatoms. The van der Waals surface area contributed by atoms with Crippen molar-refractivity contribution in [3.8, 4) is 11.4 Å². The third kappa shape index (κ3) is 5.52. The number of hydrogen-bond acceptors (Lipinski definition) is 7. The number of hydrogen-bond donors (Lipinski definition) is 2. The number of nitrogens with one attached hydrogen (secondary N) is 1. The van der Waals surface area contributed by atoms with Crippen LogP contribution in [0.1, 0.15) is 11.9 Å². The molecule has 0 radical (unpaired) electrons. The van der Waals surface area contributed by atoms with Gasteiger partial charge in [-0.2, -0.15) is 4.99 Å². The molecule has 0 saturated heterocycles. The standard InChI is InChI=1S/C11H13N5OS3.HI/c1-6(17)13-3-9-14-7(4-19-9)8-5-20-11(15-8)16-10(12)18-2;/h4-5H,3H2,1-2H3,(H,13,17)(H2,12,15,16);1H. The van der Waals surface area contributed by atoms with E-state index in [-0.39, 0.29) is 29.9 Å². The highest BCUT2D eigenvalue weighted by Crippen LogP contribution is 2.28. The van der Waals surface area contributed by atoms with Gasteiger partial charge in [-0.1, -0.05) is 11.8 Å². The maximum atomic E-state index is 10.9. The summed E-state index contributed by atoms with van der Waals surface area (Å²) in [5.74, 6) is -0.0698. The molecular formula is C11H14IN5OS3. The Bertz CT molecular complexity index is 639. The van der Waals surface area contributed by atoms with Crippen LogP contribution >= 0.6 is 58.4 Å². The summed E-state index contributed by atoms with van der Waals surface area (Å²) in [6, 6.07) is 0. The number of rotatable bonds is 4. The molecule has 0 aliphatic heterocycles. The van der Waals surface area contributed by atoms with Gasteiger partial charge in [-0.25, -0.2) is 9.97 Å². The van der Waals surface area contributed by atoms with Crippen molar-refractivity contribution in [3.05, 3.63) is 15.8 Å². The van der Waals surface area contributed by atoms with Gasteiger partial charge in [0.15, 0.2) is 5.17 Å². The summed E-state index contributed by atoms with van der Waals surface area (Å²) in [6.07, 6.45) is 1.86. The van der Waals surface area contributed by atoms with Crippen LogP contribution < -0.4 is 11.1 Å². The second-order valence-corrected chi connectivity index (χ2v) is 6.31. The third-order valence-corrected chi connectivity index (χ3v) is 4.30. The first kappa shape index (κ1) is 18.3. The van der Waals surface area contributed by atoms with Crippen LogP contribution in [0, 0.1) is 0 Å². The molecule has 0 aliphatic rings. The van der Waals surface area contributed by atoms with Gasteiger partial charge in [-0.05, 0) is 6.26 Å². The summed E-state index contributed by atoms with van der Waals surface area (Å²) in [4.78, 5) is 23.8. The van der Waals surface area contributed by atoms with Gasteiger partial charge in [0, 0.05) is 17.7 Å². The highest BCUT2D eigenvalue weighted by molar-refractivity contribution is 14.0. The first-order valence-electron chi connectivity index (χ1n) is 5.61. The van der Waals surface area contributed by atoms with Crippen LogP contribution in [0.25, 0.3) is 11.4 Å². The molecule has 0 aromatic carbocycles. The van der Waals surface area contributed by atoms with Crippen molar-refractivity contribution in [2.45, 2.75) is 13.5 Å². The summed E-state index contributed by atoms with van der Waals surface area (Å²) in [5, 5.41) is 8.46. The number of carbonyl (C=O) groups excluding carboxylic acids is 1. The molecule has 2 aromatic heterocycles. The number of carbonyl (C=O) groups is 1. The number of nitrogens with zero attached hydrogens (tertiary/aromatic N) is 3. The number of nitrogens with two attached hydrogens (primary N) is 1. The van der Waals surface area contributed by atoms with E-state index in [4.69, 9.17) is 5.73 Å². The zero-order chi connectivity index (χ0) is 14.5. The predicted molar refractivity (Wildman–Crippen MR) is 101 cm³/mol. The lowest BCUT2D eigenvalue weighted by Gasteiger charge is -1.96. The molecular weight excluding hydrogens is 441 g/mol. The van der Waals surface area contributed by atoms with Crippen molar-refractivity contribution in [1.29, 1.82) is 0 Å². The Morgan fingerprint density at radius 2 is 2.05 bits per heavy atom. The zero-order valence-corrected chi connectivity index (χ0v) is 16.1. The minimum Gasteiger partial charge on any atom is -0.378 e. The molecule has 3 N–H and O–H groups in total. The van der Waals surface area contributed by atoms with E-state index in [1.54, 1.807) is 0 Å². The van der Waals surface area contributed by atoms with Crippen LogP contribution in [-0.2, 0) is 11.3 Å². The topological polar surface area (TPSA) is 93.3 Å². The van der Waals surface area contributed by atoms with Crippen molar-refractivity contribution in [2.75, 3.05) is 6.26 Å². The lowest BCUT2D eigenvalue weighted by molar-refractivity contribution is -0.119. The Morgan fingerprint density at radius 3 is 2.71 bits per heavy atom. The van der Waals surface area contributed by atoms with Crippen molar-refractivity contribution >= 4 is 74.6 Å². The van der Waals surface area contributed by atoms with Crippen LogP contribution in [0.3, 0.4) is 0 Å². The molecule has 2 heterocycles. The highest BCUT2D eigenvalue weighted by atomic mass is 127. The molecule has 0 fully saturated rings. The zero-order valence-electron chi connectivity index (χ0n) is 11.3. The smallest absolute Gasteiger partial charge is 0.217 e. The molecule has 0 unspecified atom stereocenters. The number of aromatic nitrogens is 2. The fourth-order valence-corrected chi connectivity index (χ4v) is 2.94. The largest absolute Gasteiger partial charge is 0.378 e. The number of halogens is 1. The number of thiazole rings is 2. The van der Waals surface area contributed by atoms with Crippen LogP contribution in [0.5, 0.6) is 0 Å². The Kier molecular flexibility index (Phi) is 7.56. The fourth-order valence-electron chi connectivity index (χ4n) is 1.28. The van der Waals surface area contributed by atoms with E-state index < -0.39 is 0 Å². The average Bonchev–Trinajstić information content (AvgIpc) is 3.04. The van der Waals surface area contributed by atoms with Crippen LogP contribution in [0.2, 0.25) is 0 Å². The molecule has 6 nitrogen and oxygen atoms in total. The van der Waals surface area contributed by atoms with Gasteiger partial charge in [-0.15, -0.1) is 46.7 Å².